The fourth-order valence-electron chi connectivity index (χ4n) is 1.95. The highest BCUT2D eigenvalue weighted by molar-refractivity contribution is 7.99. The lowest BCUT2D eigenvalue weighted by molar-refractivity contribution is 0.0597. The van der Waals surface area contributed by atoms with E-state index in [-0.39, 0.29) is 5.97 Å². The van der Waals surface area contributed by atoms with Gasteiger partial charge in [0.15, 0.2) is 0 Å². The van der Waals surface area contributed by atoms with Crippen molar-refractivity contribution in [1.82, 2.24) is 0 Å². The van der Waals surface area contributed by atoms with Crippen molar-refractivity contribution in [2.45, 2.75) is 29.6 Å². The monoisotopic (exact) mass is 301 g/mol. The van der Waals surface area contributed by atoms with Crippen LogP contribution in [-0.4, -0.2) is 13.1 Å². The van der Waals surface area contributed by atoms with E-state index in [1.165, 1.54) is 24.4 Å². The lowest BCUT2D eigenvalue weighted by atomic mass is 10.0. The first-order chi connectivity index (χ1) is 10.0. The first kappa shape index (κ1) is 15.4. The summed E-state index contributed by atoms with van der Waals surface area (Å²) in [7, 11) is 1.37. The van der Waals surface area contributed by atoms with E-state index < -0.39 is 0 Å². The Hall–Kier alpha value is -1.94. The Morgan fingerprint density at radius 3 is 2.38 bits per heavy atom. The molecule has 0 bridgehead atoms. The Labute approximate surface area is 129 Å². The van der Waals surface area contributed by atoms with Crippen LogP contribution in [0.4, 0.5) is 5.69 Å². The van der Waals surface area contributed by atoms with Gasteiger partial charge in [-0.15, -0.1) is 0 Å². The third kappa shape index (κ3) is 3.79. The molecule has 0 saturated carbocycles. The molecule has 2 aromatic carbocycles. The minimum atomic E-state index is -0.372. The van der Waals surface area contributed by atoms with Crippen LogP contribution in [0.15, 0.2) is 52.3 Å². The van der Waals surface area contributed by atoms with Gasteiger partial charge < -0.3 is 10.5 Å². The van der Waals surface area contributed by atoms with Crippen LogP contribution < -0.4 is 5.73 Å². The molecule has 0 fully saturated rings. The molecule has 0 amide bonds. The largest absolute Gasteiger partial charge is 0.465 e. The molecule has 4 heteroatoms. The molecule has 0 saturated heterocycles. The van der Waals surface area contributed by atoms with E-state index in [1.54, 1.807) is 12.1 Å². The Morgan fingerprint density at radius 2 is 1.81 bits per heavy atom. The highest BCUT2D eigenvalue weighted by Crippen LogP contribution is 2.32. The number of carbonyl (C=O) groups is 1. The van der Waals surface area contributed by atoms with Gasteiger partial charge in [0.2, 0.25) is 0 Å². The van der Waals surface area contributed by atoms with E-state index in [0.29, 0.717) is 17.2 Å². The van der Waals surface area contributed by atoms with Gasteiger partial charge in [-0.1, -0.05) is 37.7 Å². The summed E-state index contributed by atoms with van der Waals surface area (Å²) < 4.78 is 4.81. The quantitative estimate of drug-likeness (QED) is 0.674. The van der Waals surface area contributed by atoms with Crippen molar-refractivity contribution >= 4 is 23.4 Å². The number of nitrogens with two attached hydrogens (primary N) is 1. The number of benzene rings is 2. The van der Waals surface area contributed by atoms with Crippen LogP contribution in [0.25, 0.3) is 0 Å². The van der Waals surface area contributed by atoms with Crippen LogP contribution in [-0.2, 0) is 4.74 Å². The molecule has 0 atom stereocenters. The summed E-state index contributed by atoms with van der Waals surface area (Å²) in [6.45, 7) is 4.33. The summed E-state index contributed by atoms with van der Waals surface area (Å²) in [4.78, 5) is 13.7. The molecule has 0 spiro atoms. The molecule has 0 aliphatic carbocycles. The number of nitrogen functional groups attached to an aromatic ring is 1. The average Bonchev–Trinajstić information content (AvgIpc) is 2.48. The van der Waals surface area contributed by atoms with Crippen LogP contribution in [0, 0.1) is 0 Å². The number of ether oxygens (including phenoxy) is 1. The van der Waals surface area contributed by atoms with Crippen LogP contribution in [0.2, 0.25) is 0 Å². The molecule has 0 unspecified atom stereocenters. The fraction of sp³-hybridized carbons (Fsp3) is 0.235. The molecule has 2 aromatic rings. The van der Waals surface area contributed by atoms with E-state index in [1.807, 2.05) is 6.07 Å². The zero-order valence-electron chi connectivity index (χ0n) is 12.4. The van der Waals surface area contributed by atoms with Gasteiger partial charge >= 0.3 is 5.97 Å². The predicted octanol–water partition coefficient (Wildman–Crippen LogP) is 4.33. The van der Waals surface area contributed by atoms with E-state index in [0.717, 1.165) is 9.79 Å². The molecule has 0 aromatic heterocycles. The van der Waals surface area contributed by atoms with Gasteiger partial charge in [-0.05, 0) is 41.8 Å². The molecule has 0 radical (unpaired) electrons. The first-order valence-electron chi connectivity index (χ1n) is 6.77. The second kappa shape index (κ2) is 6.68. The van der Waals surface area contributed by atoms with Gasteiger partial charge in [0, 0.05) is 15.5 Å². The van der Waals surface area contributed by atoms with Gasteiger partial charge in [0.25, 0.3) is 0 Å². The van der Waals surface area contributed by atoms with Crippen LogP contribution >= 0.6 is 11.8 Å². The number of anilines is 1. The van der Waals surface area contributed by atoms with E-state index in [9.17, 15) is 4.79 Å². The number of methoxy groups -OCH3 is 1. The number of hydrogen-bond donors (Lipinski definition) is 1. The molecule has 110 valence electrons. The number of esters is 1. The van der Waals surface area contributed by atoms with Crippen molar-refractivity contribution in [3.05, 3.63) is 53.6 Å². The fourth-order valence-corrected chi connectivity index (χ4v) is 2.87. The van der Waals surface area contributed by atoms with Gasteiger partial charge in [-0.2, -0.15) is 0 Å². The normalized spacial score (nSPS) is 10.7. The molecular formula is C17H19NO2S. The maximum atomic E-state index is 11.8. The standard InChI is InChI=1S/C17H19NO2S/c1-11(2)12-4-7-14(8-5-12)21-16-9-6-13(18)10-15(16)17(19)20-3/h4-11H,18H2,1-3H3. The van der Waals surface area contributed by atoms with Gasteiger partial charge in [0.05, 0.1) is 12.7 Å². The van der Waals surface area contributed by atoms with Gasteiger partial charge in [-0.25, -0.2) is 4.79 Å². The molecule has 0 aliphatic heterocycles. The SMILES string of the molecule is COC(=O)c1cc(N)ccc1Sc1ccc(C(C)C)cc1. The minimum Gasteiger partial charge on any atom is -0.465 e. The van der Waals surface area contributed by atoms with Crippen molar-refractivity contribution in [1.29, 1.82) is 0 Å². The third-order valence-electron chi connectivity index (χ3n) is 3.18. The molecule has 2 rings (SSSR count). The first-order valence-corrected chi connectivity index (χ1v) is 7.58. The van der Waals surface area contributed by atoms with Crippen LogP contribution in [0.1, 0.15) is 35.7 Å². The molecule has 3 nitrogen and oxygen atoms in total. The lowest BCUT2D eigenvalue weighted by Crippen LogP contribution is -2.04. The average molecular weight is 301 g/mol. The summed E-state index contributed by atoms with van der Waals surface area (Å²) in [5.74, 6) is 0.134. The smallest absolute Gasteiger partial charge is 0.339 e. The lowest BCUT2D eigenvalue weighted by Gasteiger charge is -2.10. The molecule has 0 heterocycles. The third-order valence-corrected chi connectivity index (χ3v) is 4.27. The number of hydrogen-bond acceptors (Lipinski definition) is 4. The van der Waals surface area contributed by atoms with E-state index in [2.05, 4.69) is 38.1 Å². The summed E-state index contributed by atoms with van der Waals surface area (Å²) in [5.41, 5.74) is 8.09. The van der Waals surface area contributed by atoms with Crippen molar-refractivity contribution in [3.63, 3.8) is 0 Å². The van der Waals surface area contributed by atoms with E-state index >= 15 is 0 Å². The highest BCUT2D eigenvalue weighted by Gasteiger charge is 2.13. The Bertz CT molecular complexity index is 636. The van der Waals surface area contributed by atoms with Gasteiger partial charge in [-0.3, -0.25) is 0 Å². The maximum Gasteiger partial charge on any atom is 0.339 e. The second-order valence-corrected chi connectivity index (χ2v) is 6.19. The van der Waals surface area contributed by atoms with Crippen molar-refractivity contribution < 1.29 is 9.53 Å². The second-order valence-electron chi connectivity index (χ2n) is 5.07. The van der Waals surface area contributed by atoms with Crippen molar-refractivity contribution in [2.24, 2.45) is 0 Å². The topological polar surface area (TPSA) is 52.3 Å². The Kier molecular flexibility index (Phi) is 4.91. The van der Waals surface area contributed by atoms with Gasteiger partial charge in [0.1, 0.15) is 0 Å². The number of rotatable bonds is 4. The summed E-state index contributed by atoms with van der Waals surface area (Å²) >= 11 is 1.53. The zero-order valence-corrected chi connectivity index (χ0v) is 13.2. The van der Waals surface area contributed by atoms with Crippen LogP contribution in [0.5, 0.6) is 0 Å². The summed E-state index contributed by atoms with van der Waals surface area (Å²) in [5, 5.41) is 0. The van der Waals surface area contributed by atoms with Crippen molar-refractivity contribution in [3.8, 4) is 0 Å². The Morgan fingerprint density at radius 1 is 1.14 bits per heavy atom. The summed E-state index contributed by atoms with van der Waals surface area (Å²) in [6, 6.07) is 13.6. The van der Waals surface area contributed by atoms with Crippen LogP contribution in [0.3, 0.4) is 0 Å². The van der Waals surface area contributed by atoms with E-state index in [4.69, 9.17) is 10.5 Å². The highest BCUT2D eigenvalue weighted by atomic mass is 32.2. The number of carbonyl (C=O) groups excluding carboxylic acids is 1. The molecule has 21 heavy (non-hydrogen) atoms. The maximum absolute atomic E-state index is 11.8. The molecule has 2 N–H and O–H groups in total. The van der Waals surface area contributed by atoms with Crippen molar-refractivity contribution in [2.75, 3.05) is 12.8 Å². The zero-order chi connectivity index (χ0) is 15.4. The molecule has 0 aliphatic rings. The predicted molar refractivity (Wildman–Crippen MR) is 86.8 cm³/mol. The molecular weight excluding hydrogens is 282 g/mol. The minimum absolute atomic E-state index is 0.372. The summed E-state index contributed by atoms with van der Waals surface area (Å²) in [6.07, 6.45) is 0. The Balaban J connectivity index is 2.28.